The minimum atomic E-state index is -0.840. The second-order valence-electron chi connectivity index (χ2n) is 7.39. The predicted molar refractivity (Wildman–Crippen MR) is 118 cm³/mol. The van der Waals surface area contributed by atoms with Gasteiger partial charge in [-0.25, -0.2) is 0 Å². The number of methoxy groups -OCH3 is 1. The van der Waals surface area contributed by atoms with Crippen LogP contribution < -0.4 is 10.2 Å². The van der Waals surface area contributed by atoms with Crippen LogP contribution in [0.3, 0.4) is 0 Å². The summed E-state index contributed by atoms with van der Waals surface area (Å²) in [6.07, 6.45) is 3.33. The van der Waals surface area contributed by atoms with Gasteiger partial charge in [-0.05, 0) is 41.3 Å². The van der Waals surface area contributed by atoms with E-state index in [1.165, 1.54) is 14.0 Å². The lowest BCUT2D eigenvalue weighted by Gasteiger charge is -2.26. The van der Waals surface area contributed by atoms with E-state index in [-0.39, 0.29) is 31.2 Å². The topological polar surface area (TPSA) is 95.9 Å². The molecule has 2 amide bonds. The van der Waals surface area contributed by atoms with Crippen molar-refractivity contribution in [2.45, 2.75) is 32.4 Å². The third kappa shape index (κ3) is 5.58. The number of fused-ring (bicyclic) bond motifs is 2. The fourth-order valence-electron chi connectivity index (χ4n) is 3.43. The molecule has 0 aliphatic carbocycles. The number of hydrogen-bond acceptors (Lipinski definition) is 5. The number of carbonyl (C=O) groups is 3. The van der Waals surface area contributed by atoms with E-state index in [1.807, 2.05) is 42.5 Å². The number of hydrogen-bond donors (Lipinski definition) is 2. The van der Waals surface area contributed by atoms with Crippen molar-refractivity contribution >= 4 is 35.6 Å². The zero-order valence-corrected chi connectivity index (χ0v) is 17.6. The molecule has 7 nitrogen and oxygen atoms in total. The van der Waals surface area contributed by atoms with Crippen molar-refractivity contribution in [3.05, 3.63) is 64.7 Å². The summed E-state index contributed by atoms with van der Waals surface area (Å²) in [7, 11) is 1.29. The SMILES string of the molecule is COC(=O)CCC(O)CNC(=O)c1ccc2c(c1)/C=C\c1ccccc1N(C(C)=O)C2. The fourth-order valence-corrected chi connectivity index (χ4v) is 3.43. The molecule has 162 valence electrons. The number of ether oxygens (including phenoxy) is 1. The highest BCUT2D eigenvalue weighted by atomic mass is 16.5. The molecule has 0 bridgehead atoms. The molecule has 1 heterocycles. The lowest BCUT2D eigenvalue weighted by atomic mass is 9.98. The molecule has 0 spiro atoms. The maximum atomic E-state index is 12.6. The standard InChI is InChI=1S/C24H26N2O5/c1-16(27)26-15-20-10-9-19(24(30)25-14-21(28)11-12-23(29)31-2)13-18(20)8-7-17-5-3-4-6-22(17)26/h3-10,13,21,28H,11-12,14-15H2,1-2H3,(H,25,30)/b8-7-. The predicted octanol–water partition coefficient (Wildman–Crippen LogP) is 2.77. The molecule has 1 atom stereocenters. The summed E-state index contributed by atoms with van der Waals surface area (Å²) in [6, 6.07) is 13.0. The first kappa shape index (κ1) is 22.2. The molecule has 0 aromatic heterocycles. The molecule has 0 saturated carbocycles. The Bertz CT molecular complexity index is 1010. The van der Waals surface area contributed by atoms with E-state index < -0.39 is 12.1 Å². The molecule has 2 aromatic carbocycles. The number of amides is 2. The van der Waals surface area contributed by atoms with Crippen molar-refractivity contribution in [2.75, 3.05) is 18.6 Å². The fraction of sp³-hybridized carbons (Fsp3) is 0.292. The van der Waals surface area contributed by atoms with Gasteiger partial charge in [0, 0.05) is 25.5 Å². The lowest BCUT2D eigenvalue weighted by molar-refractivity contribution is -0.141. The van der Waals surface area contributed by atoms with Gasteiger partial charge in [0.05, 0.1) is 25.4 Å². The van der Waals surface area contributed by atoms with Crippen LogP contribution in [-0.4, -0.2) is 42.6 Å². The van der Waals surface area contributed by atoms with E-state index in [4.69, 9.17) is 0 Å². The summed E-state index contributed by atoms with van der Waals surface area (Å²) in [6.45, 7) is 1.98. The molecular formula is C24H26N2O5. The van der Waals surface area contributed by atoms with Gasteiger partial charge in [0.25, 0.3) is 5.91 Å². The Hall–Kier alpha value is -3.45. The van der Waals surface area contributed by atoms with Crippen LogP contribution >= 0.6 is 0 Å². The Morgan fingerprint density at radius 1 is 1.13 bits per heavy atom. The van der Waals surface area contributed by atoms with Gasteiger partial charge in [0.1, 0.15) is 0 Å². The molecule has 2 N–H and O–H groups in total. The summed E-state index contributed by atoms with van der Waals surface area (Å²) in [4.78, 5) is 37.7. The molecule has 7 heteroatoms. The summed E-state index contributed by atoms with van der Waals surface area (Å²) in [5.41, 5.74) is 3.99. The number of anilines is 1. The number of benzene rings is 2. The molecular weight excluding hydrogens is 396 g/mol. The third-order valence-corrected chi connectivity index (χ3v) is 5.19. The first-order valence-electron chi connectivity index (χ1n) is 10.1. The summed E-state index contributed by atoms with van der Waals surface area (Å²) >= 11 is 0. The molecule has 2 aromatic rings. The number of nitrogens with one attached hydrogen (secondary N) is 1. The average Bonchev–Trinajstić information content (AvgIpc) is 2.76. The van der Waals surface area contributed by atoms with Gasteiger partial charge in [-0.3, -0.25) is 14.4 Å². The quantitative estimate of drug-likeness (QED) is 0.698. The Morgan fingerprint density at radius 2 is 1.87 bits per heavy atom. The monoisotopic (exact) mass is 422 g/mol. The van der Waals surface area contributed by atoms with Crippen LogP contribution in [0.4, 0.5) is 5.69 Å². The number of nitrogens with zero attached hydrogens (tertiary/aromatic N) is 1. The van der Waals surface area contributed by atoms with Crippen molar-refractivity contribution in [3.8, 4) is 0 Å². The highest BCUT2D eigenvalue weighted by molar-refractivity contribution is 5.97. The summed E-state index contributed by atoms with van der Waals surface area (Å²) < 4.78 is 4.54. The highest BCUT2D eigenvalue weighted by Crippen LogP contribution is 2.29. The number of carbonyl (C=O) groups excluding carboxylic acids is 3. The van der Waals surface area contributed by atoms with Gasteiger partial charge in [-0.2, -0.15) is 0 Å². The van der Waals surface area contributed by atoms with Crippen molar-refractivity contribution in [1.82, 2.24) is 5.32 Å². The molecule has 0 fully saturated rings. The number of esters is 1. The van der Waals surface area contributed by atoms with Crippen LogP contribution in [-0.2, 0) is 20.9 Å². The average molecular weight is 422 g/mol. The normalized spacial score (nSPS) is 14.4. The van der Waals surface area contributed by atoms with Crippen molar-refractivity contribution in [1.29, 1.82) is 0 Å². The molecule has 31 heavy (non-hydrogen) atoms. The molecule has 0 saturated heterocycles. The van der Waals surface area contributed by atoms with Gasteiger partial charge in [0.2, 0.25) is 5.91 Å². The van der Waals surface area contributed by atoms with Crippen LogP contribution in [0.25, 0.3) is 12.2 Å². The van der Waals surface area contributed by atoms with E-state index in [1.54, 1.807) is 17.0 Å². The summed E-state index contributed by atoms with van der Waals surface area (Å²) in [5, 5.41) is 12.6. The number of rotatable bonds is 6. The smallest absolute Gasteiger partial charge is 0.305 e. The largest absolute Gasteiger partial charge is 0.469 e. The van der Waals surface area contributed by atoms with Crippen molar-refractivity contribution < 1.29 is 24.2 Å². The highest BCUT2D eigenvalue weighted by Gasteiger charge is 2.19. The van der Waals surface area contributed by atoms with Crippen LogP contribution in [0.2, 0.25) is 0 Å². The zero-order chi connectivity index (χ0) is 22.4. The van der Waals surface area contributed by atoms with Crippen LogP contribution in [0, 0.1) is 0 Å². The van der Waals surface area contributed by atoms with E-state index in [0.29, 0.717) is 12.1 Å². The first-order chi connectivity index (χ1) is 14.9. The molecule has 3 rings (SSSR count). The third-order valence-electron chi connectivity index (χ3n) is 5.19. The Labute approximate surface area is 181 Å². The van der Waals surface area contributed by atoms with Gasteiger partial charge in [-0.15, -0.1) is 0 Å². The summed E-state index contributed by atoms with van der Waals surface area (Å²) in [5.74, 6) is -0.782. The maximum Gasteiger partial charge on any atom is 0.305 e. The second kappa shape index (κ2) is 10.0. The van der Waals surface area contributed by atoms with Gasteiger partial charge in [0.15, 0.2) is 0 Å². The molecule has 1 aliphatic rings. The van der Waals surface area contributed by atoms with Crippen LogP contribution in [0.15, 0.2) is 42.5 Å². The Morgan fingerprint density at radius 3 is 2.61 bits per heavy atom. The zero-order valence-electron chi connectivity index (χ0n) is 17.6. The van der Waals surface area contributed by atoms with Gasteiger partial charge in [-0.1, -0.05) is 36.4 Å². The number of aliphatic hydroxyl groups excluding tert-OH is 1. The van der Waals surface area contributed by atoms with E-state index >= 15 is 0 Å². The molecule has 1 unspecified atom stereocenters. The number of para-hydroxylation sites is 1. The molecule has 0 radical (unpaired) electrons. The van der Waals surface area contributed by atoms with E-state index in [0.717, 1.165) is 22.4 Å². The van der Waals surface area contributed by atoms with Gasteiger partial charge >= 0.3 is 5.97 Å². The van der Waals surface area contributed by atoms with Gasteiger partial charge < -0.3 is 20.1 Å². The van der Waals surface area contributed by atoms with Crippen molar-refractivity contribution in [2.24, 2.45) is 0 Å². The minimum absolute atomic E-state index is 0.0360. The second-order valence-corrected chi connectivity index (χ2v) is 7.39. The minimum Gasteiger partial charge on any atom is -0.469 e. The maximum absolute atomic E-state index is 12.6. The lowest BCUT2D eigenvalue weighted by Crippen LogP contribution is -2.32. The van der Waals surface area contributed by atoms with E-state index in [2.05, 4.69) is 10.1 Å². The van der Waals surface area contributed by atoms with E-state index in [9.17, 15) is 19.5 Å². The molecule has 1 aliphatic heterocycles. The Balaban J connectivity index is 1.75. The van der Waals surface area contributed by atoms with Crippen molar-refractivity contribution in [3.63, 3.8) is 0 Å². The number of aliphatic hydroxyl groups is 1. The van der Waals surface area contributed by atoms with Crippen LogP contribution in [0.1, 0.15) is 46.8 Å². The Kier molecular flexibility index (Phi) is 7.20. The first-order valence-corrected chi connectivity index (χ1v) is 10.1. The van der Waals surface area contributed by atoms with Crippen LogP contribution in [0.5, 0.6) is 0 Å².